The van der Waals surface area contributed by atoms with E-state index in [-0.39, 0.29) is 28.5 Å². The molecule has 0 aliphatic carbocycles. The highest BCUT2D eigenvalue weighted by Gasteiger charge is 2.38. The first-order valence-corrected chi connectivity index (χ1v) is 10.0. The lowest BCUT2D eigenvalue weighted by molar-refractivity contribution is -0.0364. The quantitative estimate of drug-likeness (QED) is 0.495. The first-order chi connectivity index (χ1) is 12.1. The van der Waals surface area contributed by atoms with Crippen LogP contribution in [0.3, 0.4) is 0 Å². The molecule has 2 aromatic heterocycles. The van der Waals surface area contributed by atoms with Gasteiger partial charge in [-0.25, -0.2) is 18.4 Å². The standard InChI is InChI=1S/C16H20ClF2N3O3S/c1-4-5-8-25-22-13-9-12(26(23,24)11(2)3)10-20-14(13)21-15(22)16(18,19)6-7-17/h4-5,9-11H,6-8H2,1-3H3/b5-4+. The Morgan fingerprint density at radius 1 is 1.42 bits per heavy atom. The lowest BCUT2D eigenvalue weighted by atomic mass is 10.2. The molecule has 0 bridgehead atoms. The van der Waals surface area contributed by atoms with Crippen LogP contribution in [0.2, 0.25) is 0 Å². The van der Waals surface area contributed by atoms with Gasteiger partial charge in [0.25, 0.3) is 0 Å². The maximum absolute atomic E-state index is 14.4. The number of allylic oxidation sites excluding steroid dienone is 1. The van der Waals surface area contributed by atoms with Gasteiger partial charge in [0, 0.05) is 18.5 Å². The number of rotatable bonds is 8. The molecule has 0 radical (unpaired) electrons. The number of alkyl halides is 3. The number of sulfone groups is 1. The highest BCUT2D eigenvalue weighted by molar-refractivity contribution is 7.92. The molecule has 26 heavy (non-hydrogen) atoms. The maximum Gasteiger partial charge on any atom is 0.309 e. The van der Waals surface area contributed by atoms with Crippen LogP contribution in [0, 0.1) is 0 Å². The molecule has 0 unspecified atom stereocenters. The van der Waals surface area contributed by atoms with Gasteiger partial charge in [0.1, 0.15) is 12.1 Å². The fourth-order valence-corrected chi connectivity index (χ4v) is 3.41. The SMILES string of the molecule is C/C=C/COn1c(C(F)(F)CCCl)nc2ncc(S(=O)(=O)C(C)C)cc21. The molecule has 0 spiro atoms. The molecule has 6 nitrogen and oxygen atoms in total. The summed E-state index contributed by atoms with van der Waals surface area (Å²) in [4.78, 5) is 13.1. The van der Waals surface area contributed by atoms with Crippen molar-refractivity contribution in [2.75, 3.05) is 12.5 Å². The van der Waals surface area contributed by atoms with Gasteiger partial charge in [-0.2, -0.15) is 13.5 Å². The summed E-state index contributed by atoms with van der Waals surface area (Å²) in [6, 6.07) is 1.25. The topological polar surface area (TPSA) is 74.1 Å². The second-order valence-corrected chi connectivity index (χ2v) is 8.73. The van der Waals surface area contributed by atoms with Gasteiger partial charge in [0.15, 0.2) is 15.5 Å². The summed E-state index contributed by atoms with van der Waals surface area (Å²) >= 11 is 5.47. The monoisotopic (exact) mass is 407 g/mol. The predicted molar refractivity (Wildman–Crippen MR) is 95.3 cm³/mol. The first kappa shape index (κ1) is 20.6. The van der Waals surface area contributed by atoms with Crippen LogP contribution >= 0.6 is 11.6 Å². The van der Waals surface area contributed by atoms with Gasteiger partial charge in [0.05, 0.1) is 10.1 Å². The van der Waals surface area contributed by atoms with Gasteiger partial charge in [-0.05, 0) is 32.9 Å². The van der Waals surface area contributed by atoms with Crippen molar-refractivity contribution in [3.8, 4) is 0 Å². The van der Waals surface area contributed by atoms with Crippen molar-refractivity contribution in [1.82, 2.24) is 14.7 Å². The number of fused-ring (bicyclic) bond motifs is 1. The van der Waals surface area contributed by atoms with E-state index in [4.69, 9.17) is 16.4 Å². The van der Waals surface area contributed by atoms with E-state index in [1.54, 1.807) is 19.1 Å². The average Bonchev–Trinajstić information content (AvgIpc) is 2.94. The fourth-order valence-electron chi connectivity index (χ4n) is 2.16. The van der Waals surface area contributed by atoms with E-state index in [2.05, 4.69) is 9.97 Å². The number of halogens is 3. The van der Waals surface area contributed by atoms with E-state index < -0.39 is 33.3 Å². The fraction of sp³-hybridized carbons (Fsp3) is 0.500. The van der Waals surface area contributed by atoms with Gasteiger partial charge in [-0.3, -0.25) is 0 Å². The second-order valence-electron chi connectivity index (χ2n) is 5.85. The van der Waals surface area contributed by atoms with E-state index >= 15 is 0 Å². The second kappa shape index (κ2) is 7.87. The summed E-state index contributed by atoms with van der Waals surface area (Å²) in [7, 11) is -3.63. The summed E-state index contributed by atoms with van der Waals surface area (Å²) in [6.45, 7) is 4.82. The van der Waals surface area contributed by atoms with Gasteiger partial charge in [-0.15, -0.1) is 11.6 Å². The number of hydrogen-bond acceptors (Lipinski definition) is 5. The number of hydrogen-bond donors (Lipinski definition) is 0. The minimum absolute atomic E-state index is 0.00702. The van der Waals surface area contributed by atoms with Gasteiger partial charge >= 0.3 is 5.92 Å². The Balaban J connectivity index is 2.67. The number of nitrogens with zero attached hydrogens (tertiary/aromatic N) is 3. The highest BCUT2D eigenvalue weighted by atomic mass is 35.5. The molecule has 0 amide bonds. The van der Waals surface area contributed by atoms with Crippen LogP contribution in [-0.4, -0.2) is 40.9 Å². The van der Waals surface area contributed by atoms with E-state index in [9.17, 15) is 17.2 Å². The number of aromatic nitrogens is 3. The van der Waals surface area contributed by atoms with Crippen LogP contribution in [0.5, 0.6) is 0 Å². The third-order valence-corrected chi connectivity index (χ3v) is 5.98. The van der Waals surface area contributed by atoms with E-state index in [1.165, 1.54) is 19.9 Å². The molecular weight excluding hydrogens is 388 g/mol. The smallest absolute Gasteiger partial charge is 0.309 e. The lowest BCUT2D eigenvalue weighted by Gasteiger charge is -2.16. The van der Waals surface area contributed by atoms with Crippen LogP contribution in [0.15, 0.2) is 29.3 Å². The van der Waals surface area contributed by atoms with Crippen molar-refractivity contribution in [2.24, 2.45) is 0 Å². The molecule has 2 heterocycles. The molecule has 0 aliphatic heterocycles. The van der Waals surface area contributed by atoms with Crippen LogP contribution in [0.1, 0.15) is 33.0 Å². The van der Waals surface area contributed by atoms with Crippen molar-refractivity contribution in [2.45, 2.75) is 43.3 Å². The predicted octanol–water partition coefficient (Wildman–Crippen LogP) is 3.34. The Morgan fingerprint density at radius 2 is 2.12 bits per heavy atom. The molecular formula is C16H20ClF2N3O3S. The zero-order valence-corrected chi connectivity index (χ0v) is 16.2. The molecule has 2 aromatic rings. The zero-order chi connectivity index (χ0) is 19.5. The number of pyridine rings is 1. The molecule has 10 heteroatoms. The largest absolute Gasteiger partial charge is 0.408 e. The summed E-state index contributed by atoms with van der Waals surface area (Å²) in [6.07, 6.45) is 3.80. The third-order valence-electron chi connectivity index (χ3n) is 3.67. The molecule has 0 N–H and O–H groups in total. The van der Waals surface area contributed by atoms with Crippen molar-refractivity contribution < 1.29 is 22.0 Å². The third kappa shape index (κ3) is 3.98. The van der Waals surface area contributed by atoms with E-state index in [1.807, 2.05) is 0 Å². The molecule has 0 aliphatic rings. The van der Waals surface area contributed by atoms with Crippen molar-refractivity contribution in [1.29, 1.82) is 0 Å². The Bertz CT molecular complexity index is 911. The summed E-state index contributed by atoms with van der Waals surface area (Å²) in [5, 5.41) is -0.681. The molecule has 0 fully saturated rings. The molecule has 0 saturated carbocycles. The maximum atomic E-state index is 14.4. The van der Waals surface area contributed by atoms with Crippen molar-refractivity contribution in [3.63, 3.8) is 0 Å². The molecule has 144 valence electrons. The molecule has 2 rings (SSSR count). The minimum atomic E-state index is -3.63. The van der Waals surface area contributed by atoms with Crippen molar-refractivity contribution >= 4 is 32.6 Å². The summed E-state index contributed by atoms with van der Waals surface area (Å²) in [5.41, 5.74) is 0.0258. The molecule has 0 saturated heterocycles. The van der Waals surface area contributed by atoms with Crippen LogP contribution in [-0.2, 0) is 15.8 Å². The Kier molecular flexibility index (Phi) is 6.23. The van der Waals surface area contributed by atoms with E-state index in [0.717, 1.165) is 10.9 Å². The van der Waals surface area contributed by atoms with Crippen LogP contribution < -0.4 is 4.84 Å². The van der Waals surface area contributed by atoms with Crippen molar-refractivity contribution in [3.05, 3.63) is 30.2 Å². The molecule has 0 aromatic carbocycles. The zero-order valence-electron chi connectivity index (χ0n) is 14.6. The summed E-state index contributed by atoms with van der Waals surface area (Å²) < 4.78 is 54.4. The first-order valence-electron chi connectivity index (χ1n) is 7.96. The number of imidazole rings is 1. The lowest BCUT2D eigenvalue weighted by Crippen LogP contribution is -2.25. The minimum Gasteiger partial charge on any atom is -0.408 e. The van der Waals surface area contributed by atoms with Crippen LogP contribution in [0.4, 0.5) is 8.78 Å². The Hall–Kier alpha value is -1.74. The Labute approximate surface area is 155 Å². The van der Waals surface area contributed by atoms with E-state index in [0.29, 0.717) is 0 Å². The normalized spacial score (nSPS) is 13.2. The molecule has 0 atom stereocenters. The average molecular weight is 408 g/mol. The van der Waals surface area contributed by atoms with Crippen LogP contribution in [0.25, 0.3) is 11.2 Å². The Morgan fingerprint density at radius 3 is 2.69 bits per heavy atom. The van der Waals surface area contributed by atoms with Gasteiger partial charge in [0.2, 0.25) is 5.82 Å². The van der Waals surface area contributed by atoms with Gasteiger partial charge in [-0.1, -0.05) is 6.08 Å². The summed E-state index contributed by atoms with van der Waals surface area (Å²) in [5.74, 6) is -4.29. The highest BCUT2D eigenvalue weighted by Crippen LogP contribution is 2.33. The van der Waals surface area contributed by atoms with Gasteiger partial charge < -0.3 is 4.84 Å².